The quantitative estimate of drug-likeness (QED) is 0.827. The third-order valence-electron chi connectivity index (χ3n) is 5.98. The van der Waals surface area contributed by atoms with Crippen LogP contribution in [0.15, 0.2) is 30.5 Å². The molecule has 2 aliphatic heterocycles. The van der Waals surface area contributed by atoms with E-state index in [1.807, 2.05) is 42.3 Å². The lowest BCUT2D eigenvalue weighted by Gasteiger charge is -2.35. The molecule has 0 atom stereocenters. The fraction of sp³-hybridized carbons (Fsp3) is 0.545. The van der Waals surface area contributed by atoms with E-state index >= 15 is 0 Å². The summed E-state index contributed by atoms with van der Waals surface area (Å²) in [4.78, 5) is 19.6. The Hall–Kier alpha value is -2.14. The SMILES string of the molecule is Cc1cccc(C(=O)N2CCC(n3c(C)cnc3C3CCOCC3)CC2)c1. The molecule has 0 unspecified atom stereocenters. The Morgan fingerprint density at radius 3 is 2.56 bits per heavy atom. The third-order valence-corrected chi connectivity index (χ3v) is 5.98. The summed E-state index contributed by atoms with van der Waals surface area (Å²) < 4.78 is 7.97. The molecule has 2 aromatic rings. The number of amides is 1. The molecular weight excluding hydrogens is 338 g/mol. The number of piperidine rings is 1. The predicted molar refractivity (Wildman–Crippen MR) is 105 cm³/mol. The van der Waals surface area contributed by atoms with E-state index in [-0.39, 0.29) is 5.91 Å². The molecule has 0 bridgehead atoms. The lowest BCUT2D eigenvalue weighted by molar-refractivity contribution is 0.0683. The highest BCUT2D eigenvalue weighted by Gasteiger charge is 2.29. The van der Waals surface area contributed by atoms with Gasteiger partial charge in [0.2, 0.25) is 0 Å². The number of carbonyl (C=O) groups excluding carboxylic acids is 1. The van der Waals surface area contributed by atoms with Crippen molar-refractivity contribution < 1.29 is 9.53 Å². The van der Waals surface area contributed by atoms with Gasteiger partial charge in [-0.25, -0.2) is 4.98 Å². The summed E-state index contributed by atoms with van der Waals surface area (Å²) >= 11 is 0. The third kappa shape index (κ3) is 3.79. The first-order chi connectivity index (χ1) is 13.1. The van der Waals surface area contributed by atoms with Gasteiger partial charge in [-0.2, -0.15) is 0 Å². The molecule has 0 aliphatic carbocycles. The Balaban J connectivity index is 1.45. The number of aryl methyl sites for hydroxylation is 2. The van der Waals surface area contributed by atoms with Crippen LogP contribution in [0.2, 0.25) is 0 Å². The largest absolute Gasteiger partial charge is 0.381 e. The molecule has 0 saturated carbocycles. The first-order valence-electron chi connectivity index (χ1n) is 10.1. The summed E-state index contributed by atoms with van der Waals surface area (Å²) in [7, 11) is 0. The Morgan fingerprint density at radius 1 is 1.11 bits per heavy atom. The van der Waals surface area contributed by atoms with Crippen LogP contribution in [-0.4, -0.2) is 46.7 Å². The number of likely N-dealkylation sites (tertiary alicyclic amines) is 1. The molecule has 4 rings (SSSR count). The molecule has 2 aliphatic rings. The van der Waals surface area contributed by atoms with Crippen molar-refractivity contribution in [2.45, 2.75) is 51.5 Å². The van der Waals surface area contributed by atoms with Crippen LogP contribution in [0.4, 0.5) is 0 Å². The van der Waals surface area contributed by atoms with Crippen LogP contribution in [0.5, 0.6) is 0 Å². The van der Waals surface area contributed by atoms with Gasteiger partial charge in [-0.05, 0) is 51.7 Å². The number of ether oxygens (including phenoxy) is 1. The molecule has 0 radical (unpaired) electrons. The maximum atomic E-state index is 12.8. The van der Waals surface area contributed by atoms with Crippen molar-refractivity contribution in [2.24, 2.45) is 0 Å². The van der Waals surface area contributed by atoms with Crippen LogP contribution < -0.4 is 0 Å². The molecule has 1 amide bonds. The van der Waals surface area contributed by atoms with Crippen molar-refractivity contribution in [2.75, 3.05) is 26.3 Å². The van der Waals surface area contributed by atoms with Crippen LogP contribution in [0.25, 0.3) is 0 Å². The number of hydrogen-bond donors (Lipinski definition) is 0. The second kappa shape index (κ2) is 7.85. The number of imidazole rings is 1. The summed E-state index contributed by atoms with van der Waals surface area (Å²) in [5.41, 5.74) is 3.17. The molecule has 1 aromatic carbocycles. The zero-order valence-electron chi connectivity index (χ0n) is 16.4. The van der Waals surface area contributed by atoms with Crippen molar-refractivity contribution in [3.05, 3.63) is 53.1 Å². The molecule has 5 nitrogen and oxygen atoms in total. The summed E-state index contributed by atoms with van der Waals surface area (Å²) in [5, 5.41) is 0. The Morgan fingerprint density at radius 2 is 1.85 bits per heavy atom. The molecular formula is C22H29N3O2. The predicted octanol–water partition coefficient (Wildman–Crippen LogP) is 3.87. The van der Waals surface area contributed by atoms with E-state index in [9.17, 15) is 4.79 Å². The lowest BCUT2D eigenvalue weighted by Crippen LogP contribution is -2.39. The Bertz CT molecular complexity index is 800. The second-order valence-corrected chi connectivity index (χ2v) is 7.91. The average Bonchev–Trinajstić information content (AvgIpc) is 3.10. The molecule has 27 heavy (non-hydrogen) atoms. The maximum Gasteiger partial charge on any atom is 0.253 e. The van der Waals surface area contributed by atoms with Crippen LogP contribution in [0.3, 0.4) is 0 Å². The summed E-state index contributed by atoms with van der Waals surface area (Å²) in [6, 6.07) is 8.34. The van der Waals surface area contributed by atoms with Gasteiger partial charge in [0.1, 0.15) is 5.82 Å². The first kappa shape index (κ1) is 18.2. The highest BCUT2D eigenvalue weighted by Crippen LogP contribution is 2.32. The van der Waals surface area contributed by atoms with Gasteiger partial charge in [-0.1, -0.05) is 17.7 Å². The number of hydrogen-bond acceptors (Lipinski definition) is 3. The van der Waals surface area contributed by atoms with E-state index in [1.54, 1.807) is 0 Å². The summed E-state index contributed by atoms with van der Waals surface area (Å²) in [6.45, 7) is 7.47. The van der Waals surface area contributed by atoms with E-state index in [2.05, 4.69) is 11.5 Å². The molecule has 0 spiro atoms. The topological polar surface area (TPSA) is 47.4 Å². The highest BCUT2D eigenvalue weighted by atomic mass is 16.5. The first-order valence-corrected chi connectivity index (χ1v) is 10.1. The fourth-order valence-corrected chi connectivity index (χ4v) is 4.49. The van der Waals surface area contributed by atoms with E-state index in [0.29, 0.717) is 12.0 Å². The van der Waals surface area contributed by atoms with Gasteiger partial charge in [0.25, 0.3) is 5.91 Å². The van der Waals surface area contributed by atoms with Gasteiger partial charge in [0.15, 0.2) is 0 Å². The maximum absolute atomic E-state index is 12.8. The van der Waals surface area contributed by atoms with Crippen molar-refractivity contribution in [1.82, 2.24) is 14.5 Å². The van der Waals surface area contributed by atoms with E-state index in [4.69, 9.17) is 9.72 Å². The van der Waals surface area contributed by atoms with E-state index < -0.39 is 0 Å². The minimum atomic E-state index is 0.157. The summed E-state index contributed by atoms with van der Waals surface area (Å²) in [6.07, 6.45) is 6.10. The van der Waals surface area contributed by atoms with Gasteiger partial charge in [-0.3, -0.25) is 4.79 Å². The molecule has 2 fully saturated rings. The van der Waals surface area contributed by atoms with Crippen molar-refractivity contribution in [3.63, 3.8) is 0 Å². The van der Waals surface area contributed by atoms with Crippen LogP contribution in [-0.2, 0) is 4.74 Å². The molecule has 144 valence electrons. The molecule has 2 saturated heterocycles. The van der Waals surface area contributed by atoms with Crippen molar-refractivity contribution in [3.8, 4) is 0 Å². The molecule has 3 heterocycles. The minimum absolute atomic E-state index is 0.157. The minimum Gasteiger partial charge on any atom is -0.381 e. The van der Waals surface area contributed by atoms with Gasteiger partial charge >= 0.3 is 0 Å². The van der Waals surface area contributed by atoms with Gasteiger partial charge < -0.3 is 14.2 Å². The lowest BCUT2D eigenvalue weighted by atomic mass is 9.97. The summed E-state index contributed by atoms with van der Waals surface area (Å²) in [5.74, 6) is 1.88. The van der Waals surface area contributed by atoms with Crippen LogP contribution in [0, 0.1) is 13.8 Å². The van der Waals surface area contributed by atoms with E-state index in [1.165, 1.54) is 11.5 Å². The number of aromatic nitrogens is 2. The fourth-order valence-electron chi connectivity index (χ4n) is 4.49. The Kier molecular flexibility index (Phi) is 5.30. The standard InChI is InChI=1S/C22H29N3O2/c1-16-4-3-5-19(14-16)22(26)24-10-6-20(7-11-24)25-17(2)15-23-21(25)18-8-12-27-13-9-18/h3-5,14-15,18,20H,6-13H2,1-2H3. The van der Waals surface area contributed by atoms with Crippen molar-refractivity contribution in [1.29, 1.82) is 0 Å². The number of benzene rings is 1. The number of carbonyl (C=O) groups is 1. The van der Waals surface area contributed by atoms with Crippen LogP contribution >= 0.6 is 0 Å². The van der Waals surface area contributed by atoms with E-state index in [0.717, 1.165) is 63.1 Å². The smallest absolute Gasteiger partial charge is 0.253 e. The van der Waals surface area contributed by atoms with Crippen molar-refractivity contribution >= 4 is 5.91 Å². The Labute approximate surface area is 161 Å². The highest BCUT2D eigenvalue weighted by molar-refractivity contribution is 5.94. The van der Waals surface area contributed by atoms with Gasteiger partial charge in [-0.15, -0.1) is 0 Å². The monoisotopic (exact) mass is 367 g/mol. The normalized spacial score (nSPS) is 19.4. The zero-order valence-corrected chi connectivity index (χ0v) is 16.4. The number of rotatable bonds is 3. The van der Waals surface area contributed by atoms with Gasteiger partial charge in [0.05, 0.1) is 0 Å². The molecule has 5 heteroatoms. The van der Waals surface area contributed by atoms with Gasteiger partial charge in [0, 0.05) is 55.7 Å². The number of nitrogens with zero attached hydrogens (tertiary/aromatic N) is 3. The van der Waals surface area contributed by atoms with Crippen LogP contribution in [0.1, 0.15) is 65.1 Å². The molecule has 0 N–H and O–H groups in total. The zero-order chi connectivity index (χ0) is 18.8. The second-order valence-electron chi connectivity index (χ2n) is 7.91. The average molecular weight is 367 g/mol. The molecule has 1 aromatic heterocycles.